The van der Waals surface area contributed by atoms with Crippen LogP contribution in [0.4, 0.5) is 23.1 Å². The number of anilines is 3. The minimum Gasteiger partial charge on any atom is -0.364 e. The predicted octanol–water partition coefficient (Wildman–Crippen LogP) is 3.96. The van der Waals surface area contributed by atoms with Gasteiger partial charge in [0, 0.05) is 17.3 Å². The van der Waals surface area contributed by atoms with Crippen molar-refractivity contribution in [2.24, 2.45) is 17.6 Å². The highest BCUT2D eigenvalue weighted by Gasteiger charge is 2.22. The van der Waals surface area contributed by atoms with Gasteiger partial charge in [0.2, 0.25) is 11.8 Å². The standard InChI is InChI=1S/C18H23ClN6O2/c19-14-5-7-15(8-6-14)23-18-22-11-16(25(26)27)17(24-18)21-10-13-3-1-12(9-20)2-4-13/h5-8,11-13H,1-4,9-10,20H2,(H2,21,22,23,24). The average molecular weight is 391 g/mol. The zero-order valence-electron chi connectivity index (χ0n) is 14.9. The summed E-state index contributed by atoms with van der Waals surface area (Å²) in [6.07, 6.45) is 5.59. The third-order valence-electron chi connectivity index (χ3n) is 4.92. The molecule has 1 saturated carbocycles. The van der Waals surface area contributed by atoms with E-state index < -0.39 is 4.92 Å². The van der Waals surface area contributed by atoms with E-state index in [9.17, 15) is 10.1 Å². The fourth-order valence-corrected chi connectivity index (χ4v) is 3.40. The summed E-state index contributed by atoms with van der Waals surface area (Å²) in [5, 5.41) is 18.1. The minimum atomic E-state index is -0.472. The number of aromatic nitrogens is 2. The van der Waals surface area contributed by atoms with Gasteiger partial charge in [0.25, 0.3) is 0 Å². The number of nitrogens with two attached hydrogens (primary N) is 1. The van der Waals surface area contributed by atoms with Crippen molar-refractivity contribution in [1.82, 2.24) is 9.97 Å². The Kier molecular flexibility index (Phi) is 6.41. The van der Waals surface area contributed by atoms with Crippen LogP contribution in [-0.4, -0.2) is 28.0 Å². The maximum absolute atomic E-state index is 11.3. The Bertz CT molecular complexity index is 778. The van der Waals surface area contributed by atoms with Crippen molar-refractivity contribution in [2.75, 3.05) is 23.7 Å². The second kappa shape index (κ2) is 8.96. The normalized spacial score (nSPS) is 19.5. The second-order valence-electron chi connectivity index (χ2n) is 6.82. The molecule has 1 aliphatic rings. The molecular formula is C18H23ClN6O2. The summed E-state index contributed by atoms with van der Waals surface area (Å²) in [6.45, 7) is 1.38. The van der Waals surface area contributed by atoms with E-state index in [2.05, 4.69) is 20.6 Å². The predicted molar refractivity (Wildman–Crippen MR) is 106 cm³/mol. The third kappa shape index (κ3) is 5.27. The van der Waals surface area contributed by atoms with E-state index in [1.54, 1.807) is 24.3 Å². The van der Waals surface area contributed by atoms with Crippen LogP contribution >= 0.6 is 11.6 Å². The molecule has 1 aromatic carbocycles. The molecule has 0 unspecified atom stereocenters. The van der Waals surface area contributed by atoms with Crippen LogP contribution in [0.3, 0.4) is 0 Å². The first-order chi connectivity index (χ1) is 13.0. The molecule has 0 aliphatic heterocycles. The Balaban J connectivity index is 1.68. The summed E-state index contributed by atoms with van der Waals surface area (Å²) < 4.78 is 0. The van der Waals surface area contributed by atoms with Crippen LogP contribution in [-0.2, 0) is 0 Å². The number of hydrogen-bond donors (Lipinski definition) is 3. The molecule has 0 atom stereocenters. The van der Waals surface area contributed by atoms with E-state index in [1.165, 1.54) is 6.20 Å². The molecule has 144 valence electrons. The molecule has 0 saturated heterocycles. The highest BCUT2D eigenvalue weighted by Crippen LogP contribution is 2.30. The first-order valence-corrected chi connectivity index (χ1v) is 9.41. The van der Waals surface area contributed by atoms with Gasteiger partial charge in [-0.25, -0.2) is 4.98 Å². The van der Waals surface area contributed by atoms with E-state index >= 15 is 0 Å². The van der Waals surface area contributed by atoms with Crippen LogP contribution in [0, 0.1) is 22.0 Å². The molecule has 27 heavy (non-hydrogen) atoms. The summed E-state index contributed by atoms with van der Waals surface area (Å²) in [7, 11) is 0. The molecule has 0 radical (unpaired) electrons. The number of rotatable bonds is 7. The molecule has 1 heterocycles. The van der Waals surface area contributed by atoms with E-state index in [-0.39, 0.29) is 17.5 Å². The molecule has 9 heteroatoms. The van der Waals surface area contributed by atoms with Crippen LogP contribution in [0.25, 0.3) is 0 Å². The van der Waals surface area contributed by atoms with Gasteiger partial charge >= 0.3 is 5.69 Å². The van der Waals surface area contributed by atoms with Gasteiger partial charge < -0.3 is 16.4 Å². The number of hydrogen-bond acceptors (Lipinski definition) is 7. The Labute approximate surface area is 162 Å². The molecule has 0 bridgehead atoms. The van der Waals surface area contributed by atoms with Crippen LogP contribution < -0.4 is 16.4 Å². The van der Waals surface area contributed by atoms with Crippen molar-refractivity contribution < 1.29 is 4.92 Å². The van der Waals surface area contributed by atoms with Crippen LogP contribution in [0.1, 0.15) is 25.7 Å². The molecule has 1 fully saturated rings. The second-order valence-corrected chi connectivity index (χ2v) is 7.26. The smallest absolute Gasteiger partial charge is 0.329 e. The van der Waals surface area contributed by atoms with Crippen molar-refractivity contribution in [3.05, 3.63) is 45.6 Å². The van der Waals surface area contributed by atoms with E-state index in [4.69, 9.17) is 17.3 Å². The maximum Gasteiger partial charge on any atom is 0.329 e. The molecule has 2 aromatic rings. The summed E-state index contributed by atoms with van der Waals surface area (Å²) in [5.41, 5.74) is 6.35. The van der Waals surface area contributed by atoms with Crippen LogP contribution in [0.15, 0.2) is 30.5 Å². The van der Waals surface area contributed by atoms with Crippen LogP contribution in [0.5, 0.6) is 0 Å². The molecule has 0 spiro atoms. The number of halogens is 1. The fraction of sp³-hybridized carbons (Fsp3) is 0.444. The van der Waals surface area contributed by atoms with Crippen molar-refractivity contribution in [3.8, 4) is 0 Å². The monoisotopic (exact) mass is 390 g/mol. The largest absolute Gasteiger partial charge is 0.364 e. The van der Waals surface area contributed by atoms with E-state index in [1.807, 2.05) is 0 Å². The number of benzene rings is 1. The Hall–Kier alpha value is -2.45. The molecule has 1 aliphatic carbocycles. The fourth-order valence-electron chi connectivity index (χ4n) is 3.27. The molecular weight excluding hydrogens is 368 g/mol. The van der Waals surface area contributed by atoms with Gasteiger partial charge in [-0.1, -0.05) is 11.6 Å². The Morgan fingerprint density at radius 1 is 1.19 bits per heavy atom. The van der Waals surface area contributed by atoms with Gasteiger partial charge in [-0.05, 0) is 68.3 Å². The number of nitro groups is 1. The van der Waals surface area contributed by atoms with Gasteiger partial charge in [-0.15, -0.1) is 0 Å². The maximum atomic E-state index is 11.3. The first kappa shape index (κ1) is 19.3. The van der Waals surface area contributed by atoms with Crippen molar-refractivity contribution in [2.45, 2.75) is 25.7 Å². The summed E-state index contributed by atoms with van der Waals surface area (Å²) in [4.78, 5) is 19.2. The lowest BCUT2D eigenvalue weighted by atomic mass is 9.82. The molecule has 4 N–H and O–H groups in total. The Morgan fingerprint density at radius 2 is 1.85 bits per heavy atom. The van der Waals surface area contributed by atoms with Crippen LogP contribution in [0.2, 0.25) is 5.02 Å². The summed E-state index contributed by atoms with van der Waals surface area (Å²) >= 11 is 5.88. The van der Waals surface area contributed by atoms with Gasteiger partial charge in [0.1, 0.15) is 6.20 Å². The first-order valence-electron chi connectivity index (χ1n) is 9.03. The lowest BCUT2D eigenvalue weighted by molar-refractivity contribution is -0.384. The number of nitrogens with zero attached hydrogens (tertiary/aromatic N) is 3. The van der Waals surface area contributed by atoms with Gasteiger partial charge in [0.05, 0.1) is 4.92 Å². The van der Waals surface area contributed by atoms with Crippen molar-refractivity contribution in [1.29, 1.82) is 0 Å². The quantitative estimate of drug-likeness (QED) is 0.483. The summed E-state index contributed by atoms with van der Waals surface area (Å²) in [5.74, 6) is 1.59. The van der Waals surface area contributed by atoms with Crippen molar-refractivity contribution >= 4 is 34.7 Å². The average Bonchev–Trinajstić information content (AvgIpc) is 2.68. The Morgan fingerprint density at radius 3 is 2.48 bits per heavy atom. The highest BCUT2D eigenvalue weighted by atomic mass is 35.5. The third-order valence-corrected chi connectivity index (χ3v) is 5.18. The highest BCUT2D eigenvalue weighted by molar-refractivity contribution is 6.30. The van der Waals surface area contributed by atoms with Gasteiger partial charge in [-0.3, -0.25) is 10.1 Å². The minimum absolute atomic E-state index is 0.132. The molecule has 8 nitrogen and oxygen atoms in total. The zero-order chi connectivity index (χ0) is 19.2. The SMILES string of the molecule is NCC1CCC(CNc2nc(Nc3ccc(Cl)cc3)ncc2[N+](=O)[O-])CC1. The molecule has 3 rings (SSSR count). The van der Waals surface area contributed by atoms with Gasteiger partial charge in [-0.2, -0.15) is 4.98 Å². The summed E-state index contributed by atoms with van der Waals surface area (Å²) in [6, 6.07) is 7.06. The lowest BCUT2D eigenvalue weighted by Crippen LogP contribution is -2.25. The number of nitrogens with one attached hydrogen (secondary N) is 2. The van der Waals surface area contributed by atoms with Crippen molar-refractivity contribution in [3.63, 3.8) is 0 Å². The van der Waals surface area contributed by atoms with E-state index in [0.29, 0.717) is 23.4 Å². The zero-order valence-corrected chi connectivity index (χ0v) is 15.7. The lowest BCUT2D eigenvalue weighted by Gasteiger charge is -2.27. The van der Waals surface area contributed by atoms with Gasteiger partial charge in [0.15, 0.2) is 0 Å². The molecule has 1 aromatic heterocycles. The topological polar surface area (TPSA) is 119 Å². The van der Waals surface area contributed by atoms with E-state index in [0.717, 1.165) is 37.9 Å². The molecule has 0 amide bonds.